The minimum Gasteiger partial charge on any atom is -0.566 e. The smallest absolute Gasteiger partial charge is 0.488 e. The Morgan fingerprint density at radius 2 is 0.784 bits per heavy atom. The maximum atomic E-state index is 14.6. The Hall–Kier alpha value is -6.72. The van der Waals surface area contributed by atoms with Crippen molar-refractivity contribution in [3.8, 4) is 23.0 Å². The standard InChI is InChI=1S/C38H40BFNO9P.C27H28BO8P.2C6H15N/c1-44-29-17-13-27(14-18-29)38(26-9-5-4-6-10-26,28-15-19-30(45-2)20-16-28)47-25-33-34(50-51(42)43)35(36(39)48-33)49-37(46-3)21-23-41(24-22-37)32-12-8-7-11-31(32)40;1-31-21-13-9-19(10-14-21)27(18-7-5-4-6-8-18,20-11-15-22(32-2)16-12-20)34-17-23-24(36-37(29)30)25(33-3)26(28)35-23;2*1-4-7(5-2)6-3/h4-20,33-36H,21-25H2,1-3H3;4-16,23-26H,17H2,1-3H3;2*4-6H2,1-3H3/p+2/t33-,34+,35?,36-;23-,24+,25?,26-;;/m11../s1. The molecule has 4 unspecified atom stereocenters. The zero-order valence-corrected chi connectivity index (χ0v) is 62.5. The third-order valence-corrected chi connectivity index (χ3v) is 19.9. The van der Waals surface area contributed by atoms with Gasteiger partial charge in [0.2, 0.25) is 0 Å². The van der Waals surface area contributed by atoms with Gasteiger partial charge < -0.3 is 76.6 Å². The van der Waals surface area contributed by atoms with Crippen molar-refractivity contribution in [2.24, 2.45) is 0 Å². The summed E-state index contributed by atoms with van der Waals surface area (Å²) < 4.78 is 114. The van der Waals surface area contributed by atoms with Crippen LogP contribution in [0.15, 0.2) is 182 Å². The molecule has 0 bridgehead atoms. The van der Waals surface area contributed by atoms with Crippen LogP contribution in [0, 0.1) is 5.82 Å². The first-order chi connectivity index (χ1) is 49.3. The van der Waals surface area contributed by atoms with E-state index in [1.165, 1.54) is 59.6 Å². The number of para-hydroxylation sites is 1. The van der Waals surface area contributed by atoms with Crippen LogP contribution in [-0.4, -0.2) is 178 Å². The molecule has 3 aliphatic rings. The van der Waals surface area contributed by atoms with Crippen molar-refractivity contribution < 1.29 is 94.3 Å². The topological polar surface area (TPSA) is 212 Å². The van der Waals surface area contributed by atoms with Crippen LogP contribution >= 0.6 is 16.5 Å². The minimum atomic E-state index is -3.34. The summed E-state index contributed by atoms with van der Waals surface area (Å²) in [5.41, 5.74) is 3.03. The van der Waals surface area contributed by atoms with E-state index < -0.39 is 82.1 Å². The Kier molecular flexibility index (Phi) is 33.3. The number of halogens is 1. The quantitative estimate of drug-likeness (QED) is 0.0180. The van der Waals surface area contributed by atoms with E-state index >= 15 is 0 Å². The van der Waals surface area contributed by atoms with E-state index in [1.54, 1.807) is 56.4 Å². The van der Waals surface area contributed by atoms with E-state index in [0.29, 0.717) is 54.6 Å². The number of methoxy groups -OCH3 is 6. The molecule has 10 atom stereocenters. The van der Waals surface area contributed by atoms with Gasteiger partial charge in [0.05, 0.1) is 86.6 Å². The molecular formula is C77H100B2FN3O17P2+2. The van der Waals surface area contributed by atoms with Gasteiger partial charge in [-0.2, -0.15) is 0 Å². The first-order valence-corrected chi connectivity index (χ1v) is 36.9. The summed E-state index contributed by atoms with van der Waals surface area (Å²) in [4.78, 5) is 28.9. The molecule has 25 heteroatoms. The average Bonchev–Trinajstić information content (AvgIpc) is 0.875. The molecule has 3 heterocycles. The van der Waals surface area contributed by atoms with Crippen LogP contribution in [-0.2, 0) is 62.5 Å². The number of quaternary nitrogens is 2. The van der Waals surface area contributed by atoms with E-state index in [4.69, 9.17) is 76.8 Å². The molecule has 0 aromatic heterocycles. The first kappa shape index (κ1) is 82.6. The number of hydrogen-bond acceptors (Lipinski definition) is 18. The van der Waals surface area contributed by atoms with Crippen molar-refractivity contribution in [1.29, 1.82) is 0 Å². The molecule has 0 saturated carbocycles. The van der Waals surface area contributed by atoms with Gasteiger partial charge in [-0.1, -0.05) is 121 Å². The summed E-state index contributed by atoms with van der Waals surface area (Å²) in [6.45, 7) is 21.6. The number of hydrogen-bond donors (Lipinski definition) is 2. The van der Waals surface area contributed by atoms with Gasteiger partial charge in [0, 0.05) is 52.2 Å². The van der Waals surface area contributed by atoms with Crippen molar-refractivity contribution in [3.63, 3.8) is 0 Å². The van der Waals surface area contributed by atoms with Gasteiger partial charge in [0.1, 0.15) is 80.1 Å². The molecule has 0 amide bonds. The number of piperidine rings is 1. The highest BCUT2D eigenvalue weighted by Crippen LogP contribution is 2.46. The summed E-state index contributed by atoms with van der Waals surface area (Å²) >= 11 is 0. The minimum absolute atomic E-state index is 0.0473. The van der Waals surface area contributed by atoms with Crippen molar-refractivity contribution in [2.45, 2.75) is 120 Å². The third kappa shape index (κ3) is 21.0. The summed E-state index contributed by atoms with van der Waals surface area (Å²) in [6, 6.07) is 54.2. The van der Waals surface area contributed by atoms with Gasteiger partial charge in [0.25, 0.3) is 0 Å². The Balaban J connectivity index is 0.000000248. The van der Waals surface area contributed by atoms with Crippen molar-refractivity contribution in [3.05, 3.63) is 221 Å². The third-order valence-electron chi connectivity index (χ3n) is 19.1. The maximum Gasteiger partial charge on any atom is 0.488 e. The number of nitrogens with one attached hydrogen (secondary N) is 2. The summed E-state index contributed by atoms with van der Waals surface area (Å²) in [5, 5.41) is 0. The molecule has 3 aliphatic heterocycles. The molecule has 0 aliphatic carbocycles. The normalized spacial score (nSPS) is 20.4. The van der Waals surface area contributed by atoms with Gasteiger partial charge in [-0.05, 0) is 145 Å². The largest absolute Gasteiger partial charge is 0.566 e. The number of ether oxygens (including phenoxy) is 11. The molecule has 4 radical (unpaired) electrons. The zero-order valence-electron chi connectivity index (χ0n) is 60.7. The lowest BCUT2D eigenvalue weighted by atomic mass is 9.80. The molecule has 7 aromatic carbocycles. The highest BCUT2D eigenvalue weighted by molar-refractivity contribution is 7.30. The molecule has 20 nitrogen and oxygen atoms in total. The van der Waals surface area contributed by atoms with Gasteiger partial charge in [-0.15, -0.1) is 9.05 Å². The van der Waals surface area contributed by atoms with Crippen LogP contribution < -0.4 is 43.4 Å². The number of anilines is 1. The number of benzene rings is 7. The van der Waals surface area contributed by atoms with Crippen LogP contribution in [0.2, 0.25) is 0 Å². The van der Waals surface area contributed by atoms with E-state index in [2.05, 4.69) is 41.5 Å². The van der Waals surface area contributed by atoms with Crippen LogP contribution in [0.25, 0.3) is 0 Å². The Bertz CT molecular complexity index is 3450. The fraction of sp³-hybridized carbons (Fsp3) is 0.455. The monoisotopic (exact) mass is 1440 g/mol. The fourth-order valence-electron chi connectivity index (χ4n) is 13.1. The highest BCUT2D eigenvalue weighted by atomic mass is 31.1. The van der Waals surface area contributed by atoms with Gasteiger partial charge >= 0.3 is 16.5 Å². The van der Waals surface area contributed by atoms with Crippen LogP contribution in [0.4, 0.5) is 10.1 Å². The van der Waals surface area contributed by atoms with Gasteiger partial charge in [0.15, 0.2) is 18.0 Å². The Morgan fingerprint density at radius 3 is 1.08 bits per heavy atom. The molecule has 2 N–H and O–H groups in total. The lowest BCUT2D eigenvalue weighted by Crippen LogP contribution is -3.11. The molecule has 102 heavy (non-hydrogen) atoms. The summed E-state index contributed by atoms with van der Waals surface area (Å²) in [7, 11) is 15.4. The van der Waals surface area contributed by atoms with Crippen LogP contribution in [0.1, 0.15) is 87.8 Å². The van der Waals surface area contributed by atoms with E-state index in [-0.39, 0.29) is 19.0 Å². The van der Waals surface area contributed by atoms with Crippen LogP contribution in [0.3, 0.4) is 0 Å². The molecule has 10 rings (SSSR count). The van der Waals surface area contributed by atoms with E-state index in [9.17, 15) is 23.3 Å². The van der Waals surface area contributed by atoms with Crippen molar-refractivity contribution >= 4 is 37.9 Å². The van der Waals surface area contributed by atoms with Crippen molar-refractivity contribution in [2.75, 3.05) is 113 Å². The van der Waals surface area contributed by atoms with Gasteiger partial charge in [-0.25, -0.2) is 4.39 Å². The molecule has 7 aromatic rings. The highest BCUT2D eigenvalue weighted by Gasteiger charge is 2.53. The second kappa shape index (κ2) is 41.1. The van der Waals surface area contributed by atoms with Crippen molar-refractivity contribution in [1.82, 2.24) is 0 Å². The number of nitrogens with zero attached hydrogens (tertiary/aromatic N) is 1. The van der Waals surface area contributed by atoms with E-state index in [1.807, 2.05) is 163 Å². The molecule has 0 spiro atoms. The maximum absolute atomic E-state index is 14.6. The fourth-order valence-corrected chi connectivity index (χ4v) is 14.0. The summed E-state index contributed by atoms with van der Waals surface area (Å²) in [6.07, 6.45) is -5.04. The molecular weight excluding hydrogens is 1340 g/mol. The average molecular weight is 1440 g/mol. The zero-order chi connectivity index (χ0) is 73.8. The lowest BCUT2D eigenvalue weighted by Gasteiger charge is -2.43. The number of rotatable bonds is 31. The van der Waals surface area contributed by atoms with Crippen LogP contribution in [0.5, 0.6) is 23.0 Å². The van der Waals surface area contributed by atoms with E-state index in [0.717, 1.165) is 33.4 Å². The molecule has 3 fully saturated rings. The van der Waals surface area contributed by atoms with Gasteiger partial charge in [-0.3, -0.25) is 0 Å². The summed E-state index contributed by atoms with van der Waals surface area (Å²) in [5.74, 6) is 1.25. The Morgan fingerprint density at radius 1 is 0.471 bits per heavy atom. The predicted octanol–water partition coefficient (Wildman–Crippen LogP) is 8.66. The molecule has 546 valence electrons. The predicted molar refractivity (Wildman–Crippen MR) is 389 cm³/mol. The lowest BCUT2D eigenvalue weighted by molar-refractivity contribution is -0.894. The second-order valence-corrected chi connectivity index (χ2v) is 25.8. The SMILES string of the molecule is CC[NH+](CC)CC.CC[NH+](CC)CC.[B][C@@H]1O[C@H](COC(c2ccccc2)(c2ccc(OC)cc2)c2ccc(OC)cc2)[C@H](O[P+](=O)[O-])C1OC.[B][C@@H]1O[C@H](COC(c2ccccc2)(c2ccc(OC)cc2)c2ccc(OC)cc2)[C@H](O[P+](=O)[O-])C1OC1(OC)CCN(c2ccccc2F)CC1. The molecule has 3 saturated heterocycles. The first-order valence-electron chi connectivity index (χ1n) is 34.7. The Labute approximate surface area is 606 Å². The second-order valence-electron chi connectivity index (χ2n) is 24.5.